The maximum absolute atomic E-state index is 5.86. The van der Waals surface area contributed by atoms with Gasteiger partial charge in [0.05, 0.1) is 5.69 Å². The topological polar surface area (TPSA) is 28.7 Å². The Bertz CT molecular complexity index is 465. The SMILES string of the molecule is CCCSCc1cc(-c2ccc(Cl)cc2)n[nH]1. The minimum atomic E-state index is 0.753. The van der Waals surface area contributed by atoms with E-state index >= 15 is 0 Å². The fourth-order valence-corrected chi connectivity index (χ4v) is 2.46. The van der Waals surface area contributed by atoms with Crippen LogP contribution in [0.4, 0.5) is 0 Å². The number of hydrogen-bond donors (Lipinski definition) is 1. The molecule has 2 aromatic rings. The highest BCUT2D eigenvalue weighted by atomic mass is 35.5. The van der Waals surface area contributed by atoms with Crippen LogP contribution in [-0.4, -0.2) is 16.0 Å². The summed E-state index contributed by atoms with van der Waals surface area (Å²) in [5.41, 5.74) is 3.25. The molecule has 1 N–H and O–H groups in total. The fourth-order valence-electron chi connectivity index (χ4n) is 1.53. The quantitative estimate of drug-likeness (QED) is 0.814. The van der Waals surface area contributed by atoms with Crippen LogP contribution in [-0.2, 0) is 5.75 Å². The van der Waals surface area contributed by atoms with Crippen LogP contribution in [0.2, 0.25) is 5.02 Å². The molecule has 0 aliphatic rings. The molecular weight excluding hydrogens is 252 g/mol. The number of nitrogens with zero attached hydrogens (tertiary/aromatic N) is 1. The minimum absolute atomic E-state index is 0.753. The molecule has 0 bridgehead atoms. The van der Waals surface area contributed by atoms with Gasteiger partial charge in [-0.05, 0) is 30.4 Å². The van der Waals surface area contributed by atoms with Crippen LogP contribution in [0.1, 0.15) is 19.0 Å². The molecule has 1 aromatic carbocycles. The Labute approximate surface area is 111 Å². The molecule has 0 aliphatic heterocycles. The molecule has 4 heteroatoms. The van der Waals surface area contributed by atoms with Crippen molar-refractivity contribution in [1.82, 2.24) is 10.2 Å². The van der Waals surface area contributed by atoms with Crippen LogP contribution >= 0.6 is 23.4 Å². The molecule has 0 saturated carbocycles. The third-order valence-electron chi connectivity index (χ3n) is 2.38. The van der Waals surface area contributed by atoms with Gasteiger partial charge in [0.15, 0.2) is 0 Å². The number of rotatable bonds is 5. The van der Waals surface area contributed by atoms with Gasteiger partial charge < -0.3 is 0 Å². The monoisotopic (exact) mass is 266 g/mol. The predicted octanol–water partition coefficient (Wildman–Crippen LogP) is 4.37. The highest BCUT2D eigenvalue weighted by molar-refractivity contribution is 7.98. The van der Waals surface area contributed by atoms with Crippen molar-refractivity contribution in [3.8, 4) is 11.3 Å². The first-order valence-corrected chi connectivity index (χ1v) is 7.21. The third kappa shape index (κ3) is 3.51. The molecule has 2 rings (SSSR count). The molecule has 0 fully saturated rings. The summed E-state index contributed by atoms with van der Waals surface area (Å²) < 4.78 is 0. The fraction of sp³-hybridized carbons (Fsp3) is 0.308. The van der Waals surface area contributed by atoms with Crippen LogP contribution in [0.25, 0.3) is 11.3 Å². The zero-order chi connectivity index (χ0) is 12.1. The van der Waals surface area contributed by atoms with Crippen molar-refractivity contribution in [3.63, 3.8) is 0 Å². The van der Waals surface area contributed by atoms with Crippen LogP contribution in [0.15, 0.2) is 30.3 Å². The van der Waals surface area contributed by atoms with Crippen molar-refractivity contribution in [2.24, 2.45) is 0 Å². The first-order chi connectivity index (χ1) is 8.29. The zero-order valence-corrected chi connectivity index (χ0v) is 11.3. The van der Waals surface area contributed by atoms with E-state index in [2.05, 4.69) is 23.2 Å². The van der Waals surface area contributed by atoms with Gasteiger partial charge >= 0.3 is 0 Å². The molecule has 1 heterocycles. The second kappa shape index (κ2) is 6.12. The molecule has 2 nitrogen and oxygen atoms in total. The molecule has 90 valence electrons. The van der Waals surface area contributed by atoms with Crippen LogP contribution < -0.4 is 0 Å². The van der Waals surface area contributed by atoms with Gasteiger partial charge in [0.1, 0.15) is 0 Å². The Morgan fingerprint density at radius 3 is 2.76 bits per heavy atom. The zero-order valence-electron chi connectivity index (χ0n) is 9.74. The maximum Gasteiger partial charge on any atom is 0.0923 e. The van der Waals surface area contributed by atoms with E-state index in [1.165, 1.54) is 17.9 Å². The van der Waals surface area contributed by atoms with E-state index in [4.69, 9.17) is 11.6 Å². The van der Waals surface area contributed by atoms with Crippen molar-refractivity contribution in [1.29, 1.82) is 0 Å². The lowest BCUT2D eigenvalue weighted by molar-refractivity contribution is 1.04. The highest BCUT2D eigenvalue weighted by Gasteiger charge is 2.03. The molecule has 0 radical (unpaired) electrons. The standard InChI is InChI=1S/C13H15ClN2S/c1-2-7-17-9-12-8-13(16-15-12)10-3-5-11(14)6-4-10/h3-6,8H,2,7,9H2,1H3,(H,15,16). The van der Waals surface area contributed by atoms with E-state index < -0.39 is 0 Å². The Balaban J connectivity index is 2.04. The molecular formula is C13H15ClN2S. The van der Waals surface area contributed by atoms with Gasteiger partial charge in [-0.2, -0.15) is 16.9 Å². The summed E-state index contributed by atoms with van der Waals surface area (Å²) in [4.78, 5) is 0. The summed E-state index contributed by atoms with van der Waals surface area (Å²) in [6, 6.07) is 9.85. The number of H-pyrrole nitrogens is 1. The molecule has 1 aromatic heterocycles. The number of aromatic amines is 1. The van der Waals surface area contributed by atoms with Crippen molar-refractivity contribution in [2.45, 2.75) is 19.1 Å². The van der Waals surface area contributed by atoms with Crippen LogP contribution in [0.5, 0.6) is 0 Å². The van der Waals surface area contributed by atoms with Crippen molar-refractivity contribution < 1.29 is 0 Å². The molecule has 0 amide bonds. The largest absolute Gasteiger partial charge is 0.281 e. The number of halogens is 1. The van der Waals surface area contributed by atoms with Crippen LogP contribution in [0, 0.1) is 0 Å². The molecule has 17 heavy (non-hydrogen) atoms. The van der Waals surface area contributed by atoms with Gasteiger partial charge in [-0.1, -0.05) is 30.7 Å². The number of benzene rings is 1. The van der Waals surface area contributed by atoms with Gasteiger partial charge in [-0.3, -0.25) is 5.10 Å². The highest BCUT2D eigenvalue weighted by Crippen LogP contribution is 2.21. The normalized spacial score (nSPS) is 10.7. The Kier molecular flexibility index (Phi) is 4.51. The predicted molar refractivity (Wildman–Crippen MR) is 75.5 cm³/mol. The lowest BCUT2D eigenvalue weighted by atomic mass is 10.1. The maximum atomic E-state index is 5.86. The number of aromatic nitrogens is 2. The summed E-state index contributed by atoms with van der Waals surface area (Å²) in [5.74, 6) is 2.18. The van der Waals surface area contributed by atoms with E-state index in [0.717, 1.165) is 22.0 Å². The van der Waals surface area contributed by atoms with Gasteiger partial charge in [0.2, 0.25) is 0 Å². The second-order valence-corrected chi connectivity index (χ2v) is 5.38. The Hall–Kier alpha value is -0.930. The summed E-state index contributed by atoms with van der Waals surface area (Å²) in [6.07, 6.45) is 1.21. The van der Waals surface area contributed by atoms with E-state index in [1.807, 2.05) is 36.0 Å². The molecule has 0 saturated heterocycles. The number of hydrogen-bond acceptors (Lipinski definition) is 2. The molecule has 0 spiro atoms. The lowest BCUT2D eigenvalue weighted by Crippen LogP contribution is -1.81. The van der Waals surface area contributed by atoms with E-state index in [0.29, 0.717) is 0 Å². The average molecular weight is 267 g/mol. The van der Waals surface area contributed by atoms with Gasteiger partial charge in [-0.15, -0.1) is 0 Å². The second-order valence-electron chi connectivity index (χ2n) is 3.84. The summed E-state index contributed by atoms with van der Waals surface area (Å²) in [5, 5.41) is 8.14. The summed E-state index contributed by atoms with van der Waals surface area (Å²) in [6.45, 7) is 2.19. The number of nitrogens with one attached hydrogen (secondary N) is 1. The van der Waals surface area contributed by atoms with Crippen LogP contribution in [0.3, 0.4) is 0 Å². The lowest BCUT2D eigenvalue weighted by Gasteiger charge is -1.96. The first-order valence-electron chi connectivity index (χ1n) is 5.67. The molecule has 0 atom stereocenters. The molecule has 0 aliphatic carbocycles. The average Bonchev–Trinajstić information content (AvgIpc) is 2.79. The van der Waals surface area contributed by atoms with E-state index in [-0.39, 0.29) is 0 Å². The van der Waals surface area contributed by atoms with E-state index in [1.54, 1.807) is 0 Å². The van der Waals surface area contributed by atoms with Gasteiger partial charge in [0.25, 0.3) is 0 Å². The Morgan fingerprint density at radius 1 is 1.29 bits per heavy atom. The minimum Gasteiger partial charge on any atom is -0.281 e. The van der Waals surface area contributed by atoms with E-state index in [9.17, 15) is 0 Å². The number of thioether (sulfide) groups is 1. The van der Waals surface area contributed by atoms with Crippen molar-refractivity contribution >= 4 is 23.4 Å². The van der Waals surface area contributed by atoms with Gasteiger partial charge in [0, 0.05) is 22.0 Å². The Morgan fingerprint density at radius 2 is 2.06 bits per heavy atom. The first kappa shape index (κ1) is 12.5. The summed E-state index contributed by atoms with van der Waals surface area (Å²) in [7, 11) is 0. The van der Waals surface area contributed by atoms with Gasteiger partial charge in [-0.25, -0.2) is 0 Å². The third-order valence-corrected chi connectivity index (χ3v) is 3.84. The summed E-state index contributed by atoms with van der Waals surface area (Å²) >= 11 is 7.78. The smallest absolute Gasteiger partial charge is 0.0923 e. The van der Waals surface area contributed by atoms with Crippen molar-refractivity contribution in [2.75, 3.05) is 5.75 Å². The molecule has 0 unspecified atom stereocenters. The van der Waals surface area contributed by atoms with Crippen molar-refractivity contribution in [3.05, 3.63) is 41.0 Å².